The van der Waals surface area contributed by atoms with Crippen molar-refractivity contribution in [1.29, 1.82) is 0 Å². The Morgan fingerprint density at radius 3 is 2.55 bits per heavy atom. The molecule has 31 heavy (non-hydrogen) atoms. The minimum Gasteiger partial charge on any atom is -0.480 e. The number of aromatic amines is 2. The molecule has 0 saturated heterocycles. The van der Waals surface area contributed by atoms with Gasteiger partial charge in [-0.05, 0) is 36.8 Å². The van der Waals surface area contributed by atoms with Crippen LogP contribution in [0.5, 0.6) is 5.88 Å². The van der Waals surface area contributed by atoms with E-state index in [-0.39, 0.29) is 22.3 Å². The summed E-state index contributed by atoms with van der Waals surface area (Å²) in [5, 5.41) is 8.09. The number of hydrogen-bond acceptors (Lipinski definition) is 7. The van der Waals surface area contributed by atoms with E-state index in [4.69, 9.17) is 4.74 Å². The molecule has 2 atom stereocenters. The zero-order valence-electron chi connectivity index (χ0n) is 16.7. The average Bonchev–Trinajstić information content (AvgIpc) is 3.51. The molecule has 2 heterocycles. The number of aromatic nitrogens is 4. The van der Waals surface area contributed by atoms with Crippen LogP contribution in [0.3, 0.4) is 0 Å². The number of hydrogen-bond donors (Lipinski definition) is 2. The summed E-state index contributed by atoms with van der Waals surface area (Å²) in [7, 11) is -1.75. The van der Waals surface area contributed by atoms with E-state index in [2.05, 4.69) is 32.0 Å². The average molecular weight is 438 g/mol. The molecule has 158 valence electrons. The van der Waals surface area contributed by atoms with Crippen molar-refractivity contribution in [2.45, 2.75) is 17.2 Å². The molecule has 0 aliphatic heterocycles. The molecule has 1 aromatic carbocycles. The Balaban J connectivity index is 1.58. The Labute approximate surface area is 177 Å². The molecule has 0 unspecified atom stereocenters. The van der Waals surface area contributed by atoms with E-state index < -0.39 is 21.1 Å². The molecular formula is C21H18N4O5S. The van der Waals surface area contributed by atoms with Gasteiger partial charge in [-0.25, -0.2) is 13.2 Å². The quantitative estimate of drug-likeness (QED) is 0.582. The van der Waals surface area contributed by atoms with Gasteiger partial charge in [-0.3, -0.25) is 9.78 Å². The molecule has 1 aliphatic rings. The monoisotopic (exact) mass is 438 g/mol. The molecule has 2 N–H and O–H groups in total. The zero-order valence-corrected chi connectivity index (χ0v) is 17.5. The van der Waals surface area contributed by atoms with Crippen LogP contribution in [-0.4, -0.2) is 41.9 Å². The first-order valence-corrected chi connectivity index (χ1v) is 11.2. The third-order valence-electron chi connectivity index (χ3n) is 4.95. The van der Waals surface area contributed by atoms with Crippen LogP contribution in [0.4, 0.5) is 0 Å². The first kappa shape index (κ1) is 20.6. The van der Waals surface area contributed by atoms with Gasteiger partial charge >= 0.3 is 5.69 Å². The third-order valence-corrected chi connectivity index (χ3v) is 6.08. The van der Waals surface area contributed by atoms with Gasteiger partial charge in [0.15, 0.2) is 9.84 Å². The molecule has 2 aromatic heterocycles. The number of sulfone groups is 1. The Hall–Kier alpha value is -3.71. The van der Waals surface area contributed by atoms with Crippen molar-refractivity contribution in [2.24, 2.45) is 5.92 Å². The van der Waals surface area contributed by atoms with Gasteiger partial charge < -0.3 is 9.72 Å². The van der Waals surface area contributed by atoms with Crippen molar-refractivity contribution in [3.05, 3.63) is 68.5 Å². The summed E-state index contributed by atoms with van der Waals surface area (Å²) in [5.74, 6) is 6.74. The highest BCUT2D eigenvalue weighted by Crippen LogP contribution is 2.49. The topological polar surface area (TPSA) is 135 Å². The molecule has 4 rings (SSSR count). The second kappa shape index (κ2) is 7.85. The van der Waals surface area contributed by atoms with Crippen LogP contribution in [0.2, 0.25) is 0 Å². The molecule has 0 amide bonds. The molecule has 9 nitrogen and oxygen atoms in total. The summed E-state index contributed by atoms with van der Waals surface area (Å²) >= 11 is 0. The van der Waals surface area contributed by atoms with Gasteiger partial charge in [-0.15, -0.1) is 10.2 Å². The van der Waals surface area contributed by atoms with E-state index in [9.17, 15) is 18.0 Å². The van der Waals surface area contributed by atoms with E-state index in [0.29, 0.717) is 11.6 Å². The predicted molar refractivity (Wildman–Crippen MR) is 113 cm³/mol. The maximum absolute atomic E-state index is 12.1. The van der Waals surface area contributed by atoms with Crippen LogP contribution in [0.25, 0.3) is 11.3 Å². The number of ether oxygens (including phenoxy) is 1. The fourth-order valence-electron chi connectivity index (χ4n) is 3.21. The Kier molecular flexibility index (Phi) is 5.20. The van der Waals surface area contributed by atoms with E-state index in [1.165, 1.54) is 25.4 Å². The fraction of sp³-hybridized carbons (Fsp3) is 0.238. The van der Waals surface area contributed by atoms with E-state index in [1.807, 2.05) is 0 Å². The smallest absolute Gasteiger partial charge is 0.325 e. The Morgan fingerprint density at radius 2 is 1.90 bits per heavy atom. The van der Waals surface area contributed by atoms with Gasteiger partial charge in [0.05, 0.1) is 17.6 Å². The maximum atomic E-state index is 12.1. The minimum absolute atomic E-state index is 0.0637. The molecule has 0 spiro atoms. The van der Waals surface area contributed by atoms with E-state index in [1.54, 1.807) is 18.2 Å². The lowest BCUT2D eigenvalue weighted by Gasteiger charge is -2.07. The van der Waals surface area contributed by atoms with Gasteiger partial charge in [-0.1, -0.05) is 11.8 Å². The highest BCUT2D eigenvalue weighted by Gasteiger charge is 2.40. The lowest BCUT2D eigenvalue weighted by Crippen LogP contribution is -2.23. The number of rotatable bonds is 4. The molecule has 0 bridgehead atoms. The highest BCUT2D eigenvalue weighted by atomic mass is 32.2. The Morgan fingerprint density at radius 1 is 1.16 bits per heavy atom. The number of benzene rings is 1. The van der Waals surface area contributed by atoms with Crippen molar-refractivity contribution in [2.75, 3.05) is 13.4 Å². The molecular weight excluding hydrogens is 420 g/mol. The summed E-state index contributed by atoms with van der Waals surface area (Å²) in [6, 6.07) is 8.15. The van der Waals surface area contributed by atoms with E-state index in [0.717, 1.165) is 23.8 Å². The summed E-state index contributed by atoms with van der Waals surface area (Å²) < 4.78 is 28.4. The maximum Gasteiger partial charge on any atom is 0.325 e. The van der Waals surface area contributed by atoms with Crippen LogP contribution in [0.1, 0.15) is 23.5 Å². The minimum atomic E-state index is -3.24. The number of methoxy groups -OCH3 is 1. The summed E-state index contributed by atoms with van der Waals surface area (Å²) in [4.78, 5) is 28.2. The fourth-order valence-corrected chi connectivity index (χ4v) is 3.84. The normalized spacial score (nSPS) is 17.5. The van der Waals surface area contributed by atoms with Gasteiger partial charge in [0.2, 0.25) is 5.88 Å². The van der Waals surface area contributed by atoms with Gasteiger partial charge in [-0.2, -0.15) is 0 Å². The second-order valence-corrected chi connectivity index (χ2v) is 9.21. The summed E-state index contributed by atoms with van der Waals surface area (Å²) in [6.07, 6.45) is 3.25. The molecule has 0 radical (unpaired) electrons. The largest absolute Gasteiger partial charge is 0.480 e. The van der Waals surface area contributed by atoms with Crippen LogP contribution in [0, 0.1) is 17.8 Å². The summed E-state index contributed by atoms with van der Waals surface area (Å²) in [6.45, 7) is 0. The SMILES string of the molecule is COc1nnc(-c2c[nH]c(=O)[nH]c2=O)cc1[C@H]1C[C@@H]1C#Cc1ccc(S(C)(=O)=O)cc1. The molecule has 10 heteroatoms. The van der Waals surface area contributed by atoms with Crippen molar-refractivity contribution >= 4 is 9.84 Å². The number of nitrogens with zero attached hydrogens (tertiary/aromatic N) is 2. The lowest BCUT2D eigenvalue weighted by molar-refractivity contribution is 0.386. The molecule has 3 aromatic rings. The first-order chi connectivity index (χ1) is 14.8. The van der Waals surface area contributed by atoms with E-state index >= 15 is 0 Å². The van der Waals surface area contributed by atoms with Gasteiger partial charge in [0.1, 0.15) is 5.69 Å². The number of nitrogens with one attached hydrogen (secondary N) is 2. The van der Waals surface area contributed by atoms with Crippen molar-refractivity contribution in [3.8, 4) is 29.0 Å². The van der Waals surface area contributed by atoms with Gasteiger partial charge in [0, 0.05) is 35.4 Å². The van der Waals surface area contributed by atoms with Gasteiger partial charge in [0.25, 0.3) is 5.56 Å². The van der Waals surface area contributed by atoms with Crippen molar-refractivity contribution in [1.82, 2.24) is 20.2 Å². The standard InChI is InChI=1S/C21H18N4O5S/c1-30-20-16(10-18(24-25-20)17-11-22-21(27)23-19(17)26)15-9-13(15)6-3-12-4-7-14(8-5-12)31(2,28)29/h4-5,7-8,10-11,13,15H,9H2,1-2H3,(H2,22,23,26,27)/t13-,15-/m0/s1. The zero-order chi connectivity index (χ0) is 22.2. The Bertz CT molecular complexity index is 1430. The lowest BCUT2D eigenvalue weighted by atomic mass is 10.1. The van der Waals surface area contributed by atoms with Crippen LogP contribution < -0.4 is 16.0 Å². The van der Waals surface area contributed by atoms with Crippen LogP contribution >= 0.6 is 0 Å². The second-order valence-electron chi connectivity index (χ2n) is 7.19. The summed E-state index contributed by atoms with van der Waals surface area (Å²) in [5.41, 5.74) is 0.869. The highest BCUT2D eigenvalue weighted by molar-refractivity contribution is 7.90. The predicted octanol–water partition coefficient (Wildman–Crippen LogP) is 1.09. The first-order valence-electron chi connectivity index (χ1n) is 9.32. The molecule has 1 fully saturated rings. The van der Waals surface area contributed by atoms with Crippen molar-refractivity contribution in [3.63, 3.8) is 0 Å². The van der Waals surface area contributed by atoms with Crippen LogP contribution in [-0.2, 0) is 9.84 Å². The van der Waals surface area contributed by atoms with Crippen molar-refractivity contribution < 1.29 is 13.2 Å². The molecule has 1 saturated carbocycles. The number of H-pyrrole nitrogens is 2. The third kappa shape index (κ3) is 4.41. The molecule has 1 aliphatic carbocycles. The van der Waals surface area contributed by atoms with Crippen LogP contribution in [0.15, 0.2) is 51.0 Å².